The predicted octanol–water partition coefficient (Wildman–Crippen LogP) is 6.67. The van der Waals surface area contributed by atoms with Crippen LogP contribution >= 0.6 is 34.4 Å². The summed E-state index contributed by atoms with van der Waals surface area (Å²) in [6, 6.07) is 20.4. The molecular formula is C31H29N2O6S5-. The van der Waals surface area contributed by atoms with Crippen LogP contribution in [0.4, 0.5) is 5.69 Å². The van der Waals surface area contributed by atoms with E-state index in [1.807, 2.05) is 30.3 Å². The molecule has 1 aliphatic heterocycles. The van der Waals surface area contributed by atoms with Gasteiger partial charge in [0.2, 0.25) is 0 Å². The minimum Gasteiger partial charge on any atom is -0.748 e. The Kier molecular flexibility index (Phi) is 8.90. The second-order valence-electron chi connectivity index (χ2n) is 10.5. The van der Waals surface area contributed by atoms with E-state index in [4.69, 9.17) is 0 Å². The quantitative estimate of drug-likeness (QED) is 0.112. The van der Waals surface area contributed by atoms with E-state index in [1.165, 1.54) is 0 Å². The van der Waals surface area contributed by atoms with Crippen LogP contribution in [0.5, 0.6) is 0 Å². The fourth-order valence-electron chi connectivity index (χ4n) is 5.43. The summed E-state index contributed by atoms with van der Waals surface area (Å²) < 4.78 is 72.7. The van der Waals surface area contributed by atoms with Crippen LogP contribution < -0.4 is 9.47 Å². The third kappa shape index (κ3) is 6.74. The van der Waals surface area contributed by atoms with Crippen molar-refractivity contribution in [3.05, 3.63) is 82.3 Å². The molecular weight excluding hydrogens is 657 g/mol. The first-order valence-electron chi connectivity index (χ1n) is 14.1. The molecule has 0 saturated heterocycles. The lowest BCUT2D eigenvalue weighted by Gasteiger charge is -2.22. The minimum atomic E-state index is -4.34. The molecule has 0 amide bonds. The summed E-state index contributed by atoms with van der Waals surface area (Å²) in [6.45, 7) is 2.84. The summed E-state index contributed by atoms with van der Waals surface area (Å²) in [4.78, 5) is 4.22. The Balaban J connectivity index is 1.42. The molecule has 3 heterocycles. The molecule has 0 spiro atoms. The second-order valence-corrected chi connectivity index (χ2v) is 16.7. The molecule has 0 bridgehead atoms. The van der Waals surface area contributed by atoms with Crippen molar-refractivity contribution in [3.63, 3.8) is 0 Å². The first kappa shape index (κ1) is 31.2. The number of thiophene rings is 1. The Hall–Kier alpha value is -2.78. The van der Waals surface area contributed by atoms with Gasteiger partial charge in [0, 0.05) is 50.9 Å². The van der Waals surface area contributed by atoms with Crippen LogP contribution in [-0.4, -0.2) is 44.0 Å². The van der Waals surface area contributed by atoms with E-state index in [0.717, 1.165) is 56.6 Å². The van der Waals surface area contributed by atoms with E-state index < -0.39 is 31.7 Å². The molecule has 0 fully saturated rings. The van der Waals surface area contributed by atoms with E-state index in [2.05, 4.69) is 58.9 Å². The molecule has 0 unspecified atom stereocenters. The number of hydrogen-bond donors (Lipinski definition) is 0. The molecule has 5 aromatic rings. The average molecular weight is 686 g/mol. The third-order valence-electron chi connectivity index (χ3n) is 7.44. The molecule has 2 aromatic heterocycles. The van der Waals surface area contributed by atoms with Gasteiger partial charge in [-0.3, -0.25) is 0 Å². The lowest BCUT2D eigenvalue weighted by atomic mass is 10.1. The summed E-state index contributed by atoms with van der Waals surface area (Å²) >= 11 is 4.91. The van der Waals surface area contributed by atoms with Gasteiger partial charge < -0.3 is 14.0 Å². The Morgan fingerprint density at radius 3 is 2.34 bits per heavy atom. The number of benzene rings is 3. The predicted molar refractivity (Wildman–Crippen MR) is 179 cm³/mol. The van der Waals surface area contributed by atoms with E-state index in [0.29, 0.717) is 19.5 Å². The summed E-state index contributed by atoms with van der Waals surface area (Å²) in [5.41, 5.74) is 2.05. The van der Waals surface area contributed by atoms with Gasteiger partial charge in [-0.15, -0.1) is 0 Å². The maximum Gasteiger partial charge on any atom is 0.281 e. The van der Waals surface area contributed by atoms with Crippen LogP contribution in [0.3, 0.4) is 0 Å². The van der Waals surface area contributed by atoms with Crippen molar-refractivity contribution >= 4 is 96.8 Å². The molecule has 0 aliphatic carbocycles. The van der Waals surface area contributed by atoms with Crippen LogP contribution in [0, 0.1) is 0 Å². The second kappa shape index (κ2) is 12.5. The summed E-state index contributed by atoms with van der Waals surface area (Å²) in [5, 5.41) is 5.19. The summed E-state index contributed by atoms with van der Waals surface area (Å²) in [7, 11) is -8.66. The van der Waals surface area contributed by atoms with Gasteiger partial charge >= 0.3 is 0 Å². The Labute approximate surface area is 268 Å². The van der Waals surface area contributed by atoms with E-state index in [-0.39, 0.29) is 12.8 Å². The van der Waals surface area contributed by atoms with Gasteiger partial charge in [-0.05, 0) is 42.0 Å². The van der Waals surface area contributed by atoms with Crippen LogP contribution in [0.25, 0.3) is 36.5 Å². The SMILES string of the molecule is CCC(=Cc1sc2c3ccccc3sc2[n+]1CCCS(=O)(=O)[O-])C=C1Sc2ccc3ccccc3c2N1CCCS(=O)(=O)[O-]. The first-order valence-corrected chi connectivity index (χ1v) is 19.7. The van der Waals surface area contributed by atoms with Crippen molar-refractivity contribution in [3.8, 4) is 0 Å². The molecule has 13 heteroatoms. The lowest BCUT2D eigenvalue weighted by molar-refractivity contribution is -0.666. The van der Waals surface area contributed by atoms with E-state index >= 15 is 0 Å². The highest BCUT2D eigenvalue weighted by Gasteiger charge is 2.28. The fourth-order valence-corrected chi connectivity index (χ4v) is 10.3. The Bertz CT molecular complexity index is 2160. The molecule has 0 atom stereocenters. The summed E-state index contributed by atoms with van der Waals surface area (Å²) in [6.07, 6.45) is 5.37. The summed E-state index contributed by atoms with van der Waals surface area (Å²) in [5.74, 6) is -0.857. The van der Waals surface area contributed by atoms with Gasteiger partial charge in [-0.25, -0.2) is 16.8 Å². The van der Waals surface area contributed by atoms with Crippen molar-refractivity contribution in [2.24, 2.45) is 0 Å². The molecule has 0 N–H and O–H groups in total. The Morgan fingerprint density at radius 2 is 1.59 bits per heavy atom. The highest BCUT2D eigenvalue weighted by Crippen LogP contribution is 2.50. The highest BCUT2D eigenvalue weighted by molar-refractivity contribution is 8.03. The number of aryl methyl sites for hydroxylation is 1. The molecule has 6 rings (SSSR count). The standard InChI is InChI=1S/C31H30N2O6S5/c1-2-21(20-28-33(16-8-18-44(37,38)39)31-30(42-28)24-11-5-6-12-25(24)41-31)19-27-32(15-7-17-43(34,35)36)29-23-10-4-3-9-22(23)13-14-26(29)40-27/h3-6,9-14,19-20H,2,7-8,15-18H2,1H3,(H-,34,35,36,37,38,39)/p-1. The maximum absolute atomic E-state index is 11.4. The number of fused-ring (bicyclic) bond motifs is 6. The molecule has 8 nitrogen and oxygen atoms in total. The van der Waals surface area contributed by atoms with E-state index in [1.54, 1.807) is 34.4 Å². The average Bonchev–Trinajstić information content (AvgIpc) is 3.61. The third-order valence-corrected chi connectivity index (χ3v) is 12.6. The number of aromatic nitrogens is 1. The number of anilines is 1. The Morgan fingerprint density at radius 1 is 0.886 bits per heavy atom. The first-order chi connectivity index (χ1) is 21.0. The zero-order valence-corrected chi connectivity index (χ0v) is 27.8. The fraction of sp³-hybridized carbons (Fsp3) is 0.258. The van der Waals surface area contributed by atoms with Gasteiger partial charge in [-0.1, -0.05) is 89.9 Å². The minimum absolute atomic E-state index is 0.203. The van der Waals surface area contributed by atoms with Crippen LogP contribution in [0.15, 0.2) is 82.2 Å². The van der Waals surface area contributed by atoms with Gasteiger partial charge in [-0.2, -0.15) is 4.57 Å². The molecule has 1 aliphatic rings. The smallest absolute Gasteiger partial charge is 0.281 e. The molecule has 44 heavy (non-hydrogen) atoms. The molecule has 3 aromatic carbocycles. The van der Waals surface area contributed by atoms with Gasteiger partial charge in [0.05, 0.1) is 31.0 Å². The maximum atomic E-state index is 11.4. The van der Waals surface area contributed by atoms with Crippen molar-refractivity contribution < 1.29 is 30.5 Å². The van der Waals surface area contributed by atoms with Crippen molar-refractivity contribution in [1.82, 2.24) is 0 Å². The van der Waals surface area contributed by atoms with Crippen molar-refractivity contribution in [2.75, 3.05) is 23.0 Å². The number of hydrogen-bond acceptors (Lipinski definition) is 10. The molecule has 0 radical (unpaired) electrons. The van der Waals surface area contributed by atoms with E-state index in [9.17, 15) is 25.9 Å². The topological polar surface area (TPSA) is 122 Å². The number of rotatable bonds is 11. The van der Waals surface area contributed by atoms with Crippen molar-refractivity contribution in [1.29, 1.82) is 0 Å². The van der Waals surface area contributed by atoms with Gasteiger partial charge in [0.15, 0.2) is 6.54 Å². The normalized spacial score (nSPS) is 15.3. The largest absolute Gasteiger partial charge is 0.748 e. The van der Waals surface area contributed by atoms with Crippen LogP contribution in [0.2, 0.25) is 0 Å². The van der Waals surface area contributed by atoms with Gasteiger partial charge in [0.25, 0.3) is 9.84 Å². The number of thioether (sulfide) groups is 1. The van der Waals surface area contributed by atoms with Crippen molar-refractivity contribution in [2.45, 2.75) is 37.6 Å². The molecule has 230 valence electrons. The van der Waals surface area contributed by atoms with Gasteiger partial charge in [0.1, 0.15) is 4.70 Å². The number of thiazole rings is 1. The van der Waals surface area contributed by atoms with Crippen LogP contribution in [0.1, 0.15) is 31.2 Å². The zero-order valence-electron chi connectivity index (χ0n) is 23.8. The zero-order chi connectivity index (χ0) is 31.1. The lowest BCUT2D eigenvalue weighted by Crippen LogP contribution is -2.35. The van der Waals surface area contributed by atoms with Crippen LogP contribution in [-0.2, 0) is 26.8 Å². The molecule has 0 saturated carbocycles. The highest BCUT2D eigenvalue weighted by atomic mass is 32.2. The number of nitrogens with zero attached hydrogens (tertiary/aromatic N) is 2. The number of allylic oxidation sites excluding steroid dienone is 2. The monoisotopic (exact) mass is 685 g/mol.